The van der Waals surface area contributed by atoms with Crippen LogP contribution in [-0.2, 0) is 25.7 Å². The van der Waals surface area contributed by atoms with Crippen LogP contribution in [0.3, 0.4) is 0 Å². The molecule has 1 amide bonds. The van der Waals surface area contributed by atoms with Crippen LogP contribution in [0.1, 0.15) is 37.6 Å². The molecule has 0 radical (unpaired) electrons. The number of aromatic nitrogens is 1. The zero-order valence-corrected chi connectivity index (χ0v) is 15.7. The third kappa shape index (κ3) is 3.46. The van der Waals surface area contributed by atoms with Crippen molar-refractivity contribution in [2.75, 3.05) is 26.8 Å². The highest BCUT2D eigenvalue weighted by molar-refractivity contribution is 5.88. The van der Waals surface area contributed by atoms with Crippen LogP contribution in [0, 0.1) is 12.8 Å². The van der Waals surface area contributed by atoms with Gasteiger partial charge in [0.2, 0.25) is 5.91 Å². The average Bonchev–Trinajstić information content (AvgIpc) is 2.89. The Labute approximate surface area is 154 Å². The Balaban J connectivity index is 1.74. The predicted molar refractivity (Wildman–Crippen MR) is 94.8 cm³/mol. The molecule has 0 aromatic carbocycles. The lowest BCUT2D eigenvalue weighted by molar-refractivity contribution is -0.221. The van der Waals surface area contributed by atoms with E-state index in [9.17, 15) is 9.59 Å². The Bertz CT molecular complexity index is 671. The smallest absolute Gasteiger partial charge is 0.311 e. The van der Waals surface area contributed by atoms with E-state index in [1.165, 1.54) is 12.2 Å². The molecule has 2 saturated heterocycles. The number of carbonyl (C=O) groups excluding carboxylic acids is 2. The van der Waals surface area contributed by atoms with Crippen molar-refractivity contribution >= 4 is 11.9 Å². The molecule has 1 spiro atoms. The predicted octanol–water partition coefficient (Wildman–Crippen LogP) is 1.70. The minimum atomic E-state index is -0.600. The van der Waals surface area contributed by atoms with Crippen molar-refractivity contribution in [2.24, 2.45) is 5.92 Å². The molecule has 1 aromatic heterocycles. The van der Waals surface area contributed by atoms with E-state index in [-0.39, 0.29) is 18.3 Å². The lowest BCUT2D eigenvalue weighted by Gasteiger charge is -2.45. The first-order chi connectivity index (χ1) is 12.5. The Morgan fingerprint density at radius 2 is 2.08 bits per heavy atom. The minimum Gasteiger partial charge on any atom is -0.469 e. The number of hydrogen-bond acceptors (Lipinski definition) is 6. The fourth-order valence-corrected chi connectivity index (χ4v) is 4.18. The van der Waals surface area contributed by atoms with Crippen LogP contribution in [0.5, 0.6) is 0 Å². The van der Waals surface area contributed by atoms with Gasteiger partial charge in [0.15, 0.2) is 0 Å². The van der Waals surface area contributed by atoms with Gasteiger partial charge in [-0.05, 0) is 38.8 Å². The third-order valence-corrected chi connectivity index (χ3v) is 5.46. The zero-order valence-electron chi connectivity index (χ0n) is 15.7. The molecule has 2 aliphatic rings. The van der Waals surface area contributed by atoms with Gasteiger partial charge in [-0.1, -0.05) is 6.07 Å². The summed E-state index contributed by atoms with van der Waals surface area (Å²) in [5.74, 6) is -0.920. The van der Waals surface area contributed by atoms with Crippen LogP contribution in [0.4, 0.5) is 0 Å². The first-order valence-corrected chi connectivity index (χ1v) is 9.19. The topological polar surface area (TPSA) is 72.0 Å². The molecule has 0 bridgehead atoms. The highest BCUT2D eigenvalue weighted by Crippen LogP contribution is 2.44. The van der Waals surface area contributed by atoms with Crippen LogP contribution < -0.4 is 0 Å². The van der Waals surface area contributed by atoms with Crippen LogP contribution >= 0.6 is 0 Å². The number of aryl methyl sites for hydroxylation is 1. The first kappa shape index (κ1) is 18.8. The molecule has 142 valence electrons. The second-order valence-corrected chi connectivity index (χ2v) is 7.04. The van der Waals surface area contributed by atoms with Gasteiger partial charge in [-0.2, -0.15) is 0 Å². The summed E-state index contributed by atoms with van der Waals surface area (Å²) < 4.78 is 4.98. The Morgan fingerprint density at radius 3 is 2.69 bits per heavy atom. The molecule has 7 heteroatoms. The van der Waals surface area contributed by atoms with Crippen molar-refractivity contribution in [3.63, 3.8) is 0 Å². The number of nitrogens with zero attached hydrogens (tertiary/aromatic N) is 3. The van der Waals surface area contributed by atoms with Gasteiger partial charge in [0.1, 0.15) is 0 Å². The summed E-state index contributed by atoms with van der Waals surface area (Å²) in [6.45, 7) is 6.56. The fraction of sp³-hybridized carbons (Fsp3) is 0.632. The number of likely N-dealkylation sites (tertiary alicyclic amines) is 1. The molecule has 7 nitrogen and oxygen atoms in total. The molecule has 1 aromatic rings. The first-order valence-electron chi connectivity index (χ1n) is 9.19. The van der Waals surface area contributed by atoms with E-state index in [4.69, 9.17) is 9.57 Å². The number of rotatable bonds is 5. The summed E-state index contributed by atoms with van der Waals surface area (Å²) in [6.07, 6.45) is 1.53. The van der Waals surface area contributed by atoms with Crippen LogP contribution in [0.15, 0.2) is 18.2 Å². The highest BCUT2D eigenvalue weighted by atomic mass is 16.7. The summed E-state index contributed by atoms with van der Waals surface area (Å²) in [4.78, 5) is 37.3. The normalized spacial score (nSPS) is 22.8. The lowest BCUT2D eigenvalue weighted by Crippen LogP contribution is -2.57. The summed E-state index contributed by atoms with van der Waals surface area (Å²) >= 11 is 0. The molecule has 1 atom stereocenters. The lowest BCUT2D eigenvalue weighted by atomic mass is 9.77. The van der Waals surface area contributed by atoms with E-state index in [0.717, 1.165) is 31.0 Å². The number of esters is 1. The van der Waals surface area contributed by atoms with Gasteiger partial charge in [-0.3, -0.25) is 24.3 Å². The number of carbonyl (C=O) groups is 2. The average molecular weight is 361 g/mol. The molecule has 0 N–H and O–H groups in total. The van der Waals surface area contributed by atoms with Crippen molar-refractivity contribution < 1.29 is 19.2 Å². The number of piperidine rings is 1. The van der Waals surface area contributed by atoms with Crippen LogP contribution in [-0.4, -0.2) is 59.2 Å². The van der Waals surface area contributed by atoms with E-state index in [0.29, 0.717) is 19.4 Å². The highest BCUT2D eigenvalue weighted by Gasteiger charge is 2.58. The summed E-state index contributed by atoms with van der Waals surface area (Å²) in [5.41, 5.74) is 1.44. The number of ether oxygens (including phenoxy) is 1. The number of methoxy groups -OCH3 is 1. The monoisotopic (exact) mass is 361 g/mol. The van der Waals surface area contributed by atoms with E-state index >= 15 is 0 Å². The molecular weight excluding hydrogens is 334 g/mol. The Morgan fingerprint density at radius 1 is 1.35 bits per heavy atom. The quantitative estimate of drug-likeness (QED) is 0.744. The van der Waals surface area contributed by atoms with Crippen LogP contribution in [0.25, 0.3) is 0 Å². The standard InChI is InChI=1S/C19H27N3O4/c1-4-26-22-17(23)12-16(18(24)25-3)19(22)8-10-21(11-9-19)13-15-7-5-6-14(2)20-15/h5-7,16H,4,8-13H2,1-3H3. The van der Waals surface area contributed by atoms with Crippen molar-refractivity contribution in [3.8, 4) is 0 Å². The molecule has 1 unspecified atom stereocenters. The number of amides is 1. The zero-order chi connectivity index (χ0) is 18.7. The Hall–Kier alpha value is -1.99. The van der Waals surface area contributed by atoms with Crippen molar-refractivity contribution in [3.05, 3.63) is 29.6 Å². The van der Waals surface area contributed by atoms with Crippen LogP contribution in [0.2, 0.25) is 0 Å². The summed E-state index contributed by atoms with van der Waals surface area (Å²) in [5, 5.41) is 1.47. The van der Waals surface area contributed by atoms with Gasteiger partial charge in [-0.25, -0.2) is 5.06 Å². The second-order valence-electron chi connectivity index (χ2n) is 7.04. The van der Waals surface area contributed by atoms with Gasteiger partial charge in [0.05, 0.1) is 30.9 Å². The number of hydroxylamine groups is 2. The number of pyridine rings is 1. The molecule has 0 aliphatic carbocycles. The van der Waals surface area contributed by atoms with Gasteiger partial charge >= 0.3 is 5.97 Å². The minimum absolute atomic E-state index is 0.129. The maximum Gasteiger partial charge on any atom is 0.311 e. The largest absolute Gasteiger partial charge is 0.469 e. The summed E-state index contributed by atoms with van der Waals surface area (Å²) in [7, 11) is 1.38. The van der Waals surface area contributed by atoms with Crippen molar-refractivity contribution in [1.82, 2.24) is 14.9 Å². The molecule has 3 rings (SSSR count). The van der Waals surface area contributed by atoms with Crippen molar-refractivity contribution in [2.45, 2.75) is 45.2 Å². The summed E-state index contributed by atoms with van der Waals surface area (Å²) in [6, 6.07) is 6.03. The fourth-order valence-electron chi connectivity index (χ4n) is 4.18. The van der Waals surface area contributed by atoms with Crippen molar-refractivity contribution in [1.29, 1.82) is 0 Å². The molecular formula is C19H27N3O4. The van der Waals surface area contributed by atoms with E-state index in [1.54, 1.807) is 0 Å². The third-order valence-electron chi connectivity index (χ3n) is 5.46. The van der Waals surface area contributed by atoms with Gasteiger partial charge in [-0.15, -0.1) is 0 Å². The molecule has 2 fully saturated rings. The van der Waals surface area contributed by atoms with E-state index < -0.39 is 11.5 Å². The molecule has 0 saturated carbocycles. The second kappa shape index (κ2) is 7.72. The molecule has 2 aliphatic heterocycles. The maximum atomic E-state index is 12.4. The maximum absolute atomic E-state index is 12.4. The van der Waals surface area contributed by atoms with Gasteiger partial charge < -0.3 is 4.74 Å². The SMILES string of the molecule is CCON1C(=O)CC(C(=O)OC)C12CCN(Cc1cccc(C)n1)CC2. The number of hydrogen-bond donors (Lipinski definition) is 0. The van der Waals surface area contributed by atoms with E-state index in [2.05, 4.69) is 9.88 Å². The van der Waals surface area contributed by atoms with Gasteiger partial charge in [0.25, 0.3) is 0 Å². The van der Waals surface area contributed by atoms with E-state index in [1.807, 2.05) is 32.0 Å². The molecule has 26 heavy (non-hydrogen) atoms. The van der Waals surface area contributed by atoms with Gasteiger partial charge in [0, 0.05) is 31.7 Å². The molecule has 3 heterocycles. The Kier molecular flexibility index (Phi) is 5.58.